The van der Waals surface area contributed by atoms with Crippen molar-refractivity contribution < 1.29 is 0 Å². The molecule has 0 nitrogen and oxygen atoms in total. The maximum atomic E-state index is 2.20. The van der Waals surface area contributed by atoms with E-state index in [0.29, 0.717) is 5.92 Å². The summed E-state index contributed by atoms with van der Waals surface area (Å²) in [6.45, 7) is 0. The first-order valence-electron chi connectivity index (χ1n) is 6.60. The quantitative estimate of drug-likeness (QED) is 0.471. The highest BCUT2D eigenvalue weighted by Gasteiger charge is 2.15. The lowest BCUT2D eigenvalue weighted by Crippen LogP contribution is -2.02. The highest BCUT2D eigenvalue weighted by molar-refractivity contribution is 6.92. The van der Waals surface area contributed by atoms with Crippen molar-refractivity contribution in [3.8, 4) is 0 Å². The van der Waals surface area contributed by atoms with Crippen molar-refractivity contribution in [3.05, 3.63) is 108 Å². The second-order valence-corrected chi connectivity index (χ2v) is 4.67. The fourth-order valence-corrected chi connectivity index (χ4v) is 2.51. The Labute approximate surface area is 124 Å². The van der Waals surface area contributed by atoms with Crippen LogP contribution in [0.3, 0.4) is 0 Å². The Balaban J connectivity index is 0.00000147. The van der Waals surface area contributed by atoms with E-state index in [4.69, 9.17) is 0 Å². The Morgan fingerprint density at radius 1 is 0.400 bits per heavy atom. The minimum Gasteiger partial charge on any atom is -0.153 e. The van der Waals surface area contributed by atoms with Crippen LogP contribution in [-0.2, 0) is 0 Å². The highest BCUT2D eigenvalue weighted by Crippen LogP contribution is 2.31. The van der Waals surface area contributed by atoms with Gasteiger partial charge in [0.05, 0.1) is 0 Å². The predicted octanol–water partition coefficient (Wildman–Crippen LogP) is 4.92. The topological polar surface area (TPSA) is 0 Å². The van der Waals surface area contributed by atoms with Gasteiger partial charge in [0.1, 0.15) is 0 Å². The lowest BCUT2D eigenvalue weighted by Gasteiger charge is -2.18. The summed E-state index contributed by atoms with van der Waals surface area (Å²) in [7, 11) is 0. The molecule has 20 heavy (non-hydrogen) atoms. The molecule has 0 amide bonds. The monoisotopic (exact) mass is 278 g/mol. The number of hydrogen-bond donors (Lipinski definition) is 0. The highest BCUT2D eigenvalue weighted by atomic mass is 31.0. The Bertz CT molecular complexity index is 524. The molecular formula is C19H19P. The van der Waals surface area contributed by atoms with E-state index in [1.54, 1.807) is 0 Å². The van der Waals surface area contributed by atoms with Gasteiger partial charge in [-0.3, -0.25) is 0 Å². The summed E-state index contributed by atoms with van der Waals surface area (Å²) in [4.78, 5) is 0. The van der Waals surface area contributed by atoms with Crippen LogP contribution in [-0.4, -0.2) is 0 Å². The van der Waals surface area contributed by atoms with Gasteiger partial charge < -0.3 is 0 Å². The van der Waals surface area contributed by atoms with Crippen LogP contribution in [0.15, 0.2) is 91.0 Å². The van der Waals surface area contributed by atoms with E-state index < -0.39 is 0 Å². The smallest absolute Gasteiger partial charge is 0.0339 e. The first-order chi connectivity index (χ1) is 9.45. The second-order valence-electron chi connectivity index (χ2n) is 4.67. The van der Waals surface area contributed by atoms with Gasteiger partial charge in [-0.15, -0.1) is 0 Å². The largest absolute Gasteiger partial charge is 0.153 e. The van der Waals surface area contributed by atoms with Gasteiger partial charge in [-0.1, -0.05) is 91.0 Å². The first-order valence-corrected chi connectivity index (χ1v) is 6.60. The summed E-state index contributed by atoms with van der Waals surface area (Å²) >= 11 is 0. The minimum atomic E-state index is 0. The van der Waals surface area contributed by atoms with E-state index in [1.807, 2.05) is 0 Å². The second kappa shape index (κ2) is 7.03. The van der Waals surface area contributed by atoms with Gasteiger partial charge >= 0.3 is 0 Å². The molecule has 0 aliphatic rings. The zero-order chi connectivity index (χ0) is 12.9. The number of benzene rings is 3. The average Bonchev–Trinajstić information content (AvgIpc) is 2.51. The molecule has 0 radical (unpaired) electrons. The molecule has 0 aromatic heterocycles. The molecule has 1 heteroatoms. The minimum absolute atomic E-state index is 0. The normalized spacial score (nSPS) is 10.1. The van der Waals surface area contributed by atoms with Crippen molar-refractivity contribution in [1.29, 1.82) is 0 Å². The van der Waals surface area contributed by atoms with E-state index >= 15 is 0 Å². The molecule has 100 valence electrons. The first kappa shape index (κ1) is 14.5. The summed E-state index contributed by atoms with van der Waals surface area (Å²) in [5.41, 5.74) is 4.00. The number of hydrogen-bond acceptors (Lipinski definition) is 0. The molecule has 0 spiro atoms. The lowest BCUT2D eigenvalue weighted by atomic mass is 9.85. The van der Waals surface area contributed by atoms with Crippen LogP contribution >= 0.6 is 9.90 Å². The third-order valence-electron chi connectivity index (χ3n) is 3.40. The van der Waals surface area contributed by atoms with Gasteiger partial charge in [-0.2, -0.15) is 9.90 Å². The Kier molecular flexibility index (Phi) is 5.09. The zero-order valence-corrected chi connectivity index (χ0v) is 12.9. The summed E-state index contributed by atoms with van der Waals surface area (Å²) in [6, 6.07) is 32.0. The van der Waals surface area contributed by atoms with Crippen molar-refractivity contribution in [2.45, 2.75) is 5.92 Å². The van der Waals surface area contributed by atoms with E-state index in [0.717, 1.165) is 0 Å². The molecule has 0 bridgehead atoms. The molecule has 1 unspecified atom stereocenters. The molecule has 3 aromatic rings. The maximum absolute atomic E-state index is 2.20. The molecule has 3 aromatic carbocycles. The average molecular weight is 278 g/mol. The van der Waals surface area contributed by atoms with Crippen molar-refractivity contribution >= 4 is 9.90 Å². The van der Waals surface area contributed by atoms with E-state index in [9.17, 15) is 0 Å². The van der Waals surface area contributed by atoms with Gasteiger partial charge in [-0.25, -0.2) is 0 Å². The van der Waals surface area contributed by atoms with E-state index in [-0.39, 0.29) is 9.90 Å². The van der Waals surface area contributed by atoms with Crippen LogP contribution in [0.1, 0.15) is 22.6 Å². The fourth-order valence-electron chi connectivity index (χ4n) is 2.51. The molecule has 0 saturated heterocycles. The molecule has 1 atom stereocenters. The number of rotatable bonds is 3. The Hall–Kier alpha value is -1.91. The van der Waals surface area contributed by atoms with E-state index in [2.05, 4.69) is 91.0 Å². The summed E-state index contributed by atoms with van der Waals surface area (Å²) in [5, 5.41) is 0. The van der Waals surface area contributed by atoms with Crippen molar-refractivity contribution in [2.24, 2.45) is 0 Å². The predicted molar refractivity (Wildman–Crippen MR) is 91.4 cm³/mol. The van der Waals surface area contributed by atoms with Crippen LogP contribution < -0.4 is 0 Å². The van der Waals surface area contributed by atoms with Crippen LogP contribution in [0, 0.1) is 0 Å². The summed E-state index contributed by atoms with van der Waals surface area (Å²) in [5.74, 6) is 0.309. The molecule has 0 saturated carbocycles. The molecule has 0 heterocycles. The molecule has 3 rings (SSSR count). The van der Waals surface area contributed by atoms with Crippen LogP contribution in [0.25, 0.3) is 0 Å². The summed E-state index contributed by atoms with van der Waals surface area (Å²) in [6.07, 6.45) is 0. The van der Waals surface area contributed by atoms with Gasteiger partial charge in [0.25, 0.3) is 0 Å². The fraction of sp³-hybridized carbons (Fsp3) is 0.0526. The van der Waals surface area contributed by atoms with Crippen LogP contribution in [0.5, 0.6) is 0 Å². The third-order valence-corrected chi connectivity index (χ3v) is 3.40. The molecule has 0 aliphatic heterocycles. The van der Waals surface area contributed by atoms with E-state index in [1.165, 1.54) is 16.7 Å². The summed E-state index contributed by atoms with van der Waals surface area (Å²) < 4.78 is 0. The molecule has 0 aliphatic carbocycles. The van der Waals surface area contributed by atoms with Crippen molar-refractivity contribution in [2.75, 3.05) is 0 Å². The van der Waals surface area contributed by atoms with Crippen molar-refractivity contribution in [3.63, 3.8) is 0 Å². The standard InChI is InChI=1S/C19H16.H3P/c1-4-10-16(11-5-1)19(17-12-6-2-7-13-17)18-14-8-3-9-15-18;/h1-15,19H;1H3. The van der Waals surface area contributed by atoms with Crippen LogP contribution in [0.4, 0.5) is 0 Å². The molecular weight excluding hydrogens is 259 g/mol. The van der Waals surface area contributed by atoms with Gasteiger partial charge in [0.15, 0.2) is 0 Å². The Morgan fingerprint density at radius 2 is 0.650 bits per heavy atom. The molecule has 0 fully saturated rings. The molecule has 0 N–H and O–H groups in total. The van der Waals surface area contributed by atoms with Gasteiger partial charge in [0, 0.05) is 5.92 Å². The zero-order valence-electron chi connectivity index (χ0n) is 11.4. The SMILES string of the molecule is P.c1ccc(C(c2ccccc2)c2ccccc2)cc1. The Morgan fingerprint density at radius 3 is 0.900 bits per heavy atom. The maximum Gasteiger partial charge on any atom is 0.0339 e. The lowest BCUT2D eigenvalue weighted by molar-refractivity contribution is 0.977. The van der Waals surface area contributed by atoms with Gasteiger partial charge in [-0.05, 0) is 16.7 Å². The van der Waals surface area contributed by atoms with Crippen LogP contribution in [0.2, 0.25) is 0 Å². The van der Waals surface area contributed by atoms with Gasteiger partial charge in [0.2, 0.25) is 0 Å². The van der Waals surface area contributed by atoms with Crippen molar-refractivity contribution in [1.82, 2.24) is 0 Å². The third kappa shape index (κ3) is 3.15.